The van der Waals surface area contributed by atoms with Gasteiger partial charge in [-0.1, -0.05) is 6.08 Å². The van der Waals surface area contributed by atoms with Crippen LogP contribution < -0.4 is 5.32 Å². The lowest BCUT2D eigenvalue weighted by Crippen LogP contribution is -2.71. The number of β-lactam (4-membered cyclic amide) rings is 1. The number of carbonyl (C=O) groups excluding carboxylic acids is 3. The fourth-order valence-electron chi connectivity index (χ4n) is 2.53. The molecule has 2 amide bonds. The second kappa shape index (κ2) is 4.92. The third kappa shape index (κ3) is 2.69. The molecule has 0 radical (unpaired) electrons. The number of ether oxygens (including phenoxy) is 1. The van der Waals surface area contributed by atoms with Gasteiger partial charge in [0.25, 0.3) is 5.91 Å². The molecule has 6 nitrogen and oxygen atoms in total. The van der Waals surface area contributed by atoms with Crippen LogP contribution in [0, 0.1) is 0 Å². The molecule has 0 aromatic rings. The molecule has 2 heterocycles. The Kier molecular flexibility index (Phi) is 3.58. The predicted molar refractivity (Wildman–Crippen MR) is 71.8 cm³/mol. The van der Waals surface area contributed by atoms with Crippen LogP contribution in [0.2, 0.25) is 0 Å². The number of nitrogens with one attached hydrogen (secondary N) is 1. The molecule has 1 saturated heterocycles. The zero-order chi connectivity index (χ0) is 15.1. The van der Waals surface area contributed by atoms with E-state index in [1.165, 1.54) is 11.8 Å². The highest BCUT2D eigenvalue weighted by molar-refractivity contribution is 6.03. The Bertz CT molecular complexity index is 490. The van der Waals surface area contributed by atoms with Gasteiger partial charge in [-0.15, -0.1) is 0 Å². The summed E-state index contributed by atoms with van der Waals surface area (Å²) in [4.78, 5) is 36.7. The van der Waals surface area contributed by atoms with Gasteiger partial charge in [0.15, 0.2) is 5.78 Å². The fourth-order valence-corrected chi connectivity index (χ4v) is 2.53. The number of nitrogens with zero attached hydrogens (tertiary/aromatic N) is 1. The lowest BCUT2D eigenvalue weighted by atomic mass is 9.86. The van der Waals surface area contributed by atoms with Crippen LogP contribution in [0.25, 0.3) is 0 Å². The number of allylic oxidation sites excluding steroid dienone is 2. The van der Waals surface area contributed by atoms with Gasteiger partial charge in [-0.05, 0) is 33.6 Å². The first-order valence-electron chi connectivity index (χ1n) is 6.74. The SMILES string of the molecule is CC(=O)C1=CCCC2C(NC(=O)OC(C)(C)C)C(=O)N12. The highest BCUT2D eigenvalue weighted by Crippen LogP contribution is 2.33. The Morgan fingerprint density at radius 3 is 2.60 bits per heavy atom. The van der Waals surface area contributed by atoms with E-state index in [4.69, 9.17) is 4.74 Å². The number of carbonyl (C=O) groups is 3. The van der Waals surface area contributed by atoms with Crippen LogP contribution in [-0.2, 0) is 14.3 Å². The number of alkyl carbamates (subject to hydrolysis) is 1. The highest BCUT2D eigenvalue weighted by Gasteiger charge is 2.51. The van der Waals surface area contributed by atoms with E-state index in [1.807, 2.05) is 0 Å². The van der Waals surface area contributed by atoms with Gasteiger partial charge in [0.1, 0.15) is 11.6 Å². The Hall–Kier alpha value is -1.85. The van der Waals surface area contributed by atoms with Gasteiger partial charge in [0.05, 0.1) is 11.7 Å². The molecule has 0 aromatic carbocycles. The standard InChI is InChI=1S/C14H20N2O4/c1-8(17)9-6-5-7-10-11(12(18)16(9)10)15-13(19)20-14(2,3)4/h6,10-11H,5,7H2,1-4H3,(H,15,19). The second-order valence-electron chi connectivity index (χ2n) is 6.12. The van der Waals surface area contributed by atoms with Crippen LogP contribution in [0.1, 0.15) is 40.5 Å². The van der Waals surface area contributed by atoms with Gasteiger partial charge in [0, 0.05) is 6.92 Å². The first kappa shape index (κ1) is 14.6. The molecule has 2 aliphatic rings. The van der Waals surface area contributed by atoms with Crippen molar-refractivity contribution in [3.05, 3.63) is 11.8 Å². The molecule has 2 atom stereocenters. The molecule has 2 unspecified atom stereocenters. The van der Waals surface area contributed by atoms with E-state index in [9.17, 15) is 14.4 Å². The molecule has 6 heteroatoms. The molecule has 1 fully saturated rings. The number of fused-ring (bicyclic) bond motifs is 1. The van der Waals surface area contributed by atoms with Crippen LogP contribution in [0.15, 0.2) is 11.8 Å². The van der Waals surface area contributed by atoms with Crippen LogP contribution in [0.4, 0.5) is 4.79 Å². The van der Waals surface area contributed by atoms with Gasteiger partial charge >= 0.3 is 6.09 Å². The molecule has 2 rings (SSSR count). The Labute approximate surface area is 118 Å². The van der Waals surface area contributed by atoms with Crippen molar-refractivity contribution >= 4 is 17.8 Å². The average molecular weight is 280 g/mol. The van der Waals surface area contributed by atoms with Crippen molar-refractivity contribution in [1.82, 2.24) is 10.2 Å². The smallest absolute Gasteiger partial charge is 0.408 e. The lowest BCUT2D eigenvalue weighted by molar-refractivity contribution is -0.150. The lowest BCUT2D eigenvalue weighted by Gasteiger charge is -2.49. The molecule has 0 aromatic heterocycles. The van der Waals surface area contributed by atoms with Crippen molar-refractivity contribution in [2.75, 3.05) is 0 Å². The van der Waals surface area contributed by atoms with Crippen LogP contribution >= 0.6 is 0 Å². The molecule has 0 saturated carbocycles. The minimum absolute atomic E-state index is 0.126. The molecule has 20 heavy (non-hydrogen) atoms. The molecular formula is C14H20N2O4. The van der Waals surface area contributed by atoms with E-state index in [-0.39, 0.29) is 17.7 Å². The van der Waals surface area contributed by atoms with Crippen molar-refractivity contribution in [1.29, 1.82) is 0 Å². The summed E-state index contributed by atoms with van der Waals surface area (Å²) >= 11 is 0. The molecule has 110 valence electrons. The van der Waals surface area contributed by atoms with E-state index < -0.39 is 17.7 Å². The van der Waals surface area contributed by atoms with Gasteiger partial charge in [-0.3, -0.25) is 9.59 Å². The maximum Gasteiger partial charge on any atom is 0.408 e. The first-order chi connectivity index (χ1) is 9.20. The normalized spacial score (nSPS) is 25.3. The molecule has 0 bridgehead atoms. The number of Topliss-reactive ketones (excluding diaryl/α,β-unsaturated/α-hetero) is 1. The highest BCUT2D eigenvalue weighted by atomic mass is 16.6. The van der Waals surface area contributed by atoms with Crippen LogP contribution in [0.3, 0.4) is 0 Å². The Morgan fingerprint density at radius 1 is 1.40 bits per heavy atom. The quantitative estimate of drug-likeness (QED) is 0.775. The van der Waals surface area contributed by atoms with Crippen molar-refractivity contribution in [3.63, 3.8) is 0 Å². The summed E-state index contributed by atoms with van der Waals surface area (Å²) in [5.74, 6) is -0.374. The van der Waals surface area contributed by atoms with Gasteiger partial charge in [-0.2, -0.15) is 0 Å². The van der Waals surface area contributed by atoms with E-state index in [1.54, 1.807) is 26.8 Å². The summed E-state index contributed by atoms with van der Waals surface area (Å²) in [5.41, 5.74) is -0.165. The summed E-state index contributed by atoms with van der Waals surface area (Å²) < 4.78 is 5.14. The molecular weight excluding hydrogens is 260 g/mol. The van der Waals surface area contributed by atoms with E-state index in [0.717, 1.165) is 12.8 Å². The number of rotatable bonds is 2. The van der Waals surface area contributed by atoms with Crippen molar-refractivity contribution in [2.45, 2.75) is 58.2 Å². The monoisotopic (exact) mass is 280 g/mol. The summed E-state index contributed by atoms with van der Waals surface area (Å²) in [6.07, 6.45) is 2.65. The third-order valence-corrected chi connectivity index (χ3v) is 3.31. The Morgan fingerprint density at radius 2 is 2.05 bits per heavy atom. The predicted octanol–water partition coefficient (Wildman–Crippen LogP) is 1.36. The van der Waals surface area contributed by atoms with Crippen molar-refractivity contribution < 1.29 is 19.1 Å². The molecule has 0 aliphatic carbocycles. The van der Waals surface area contributed by atoms with Crippen molar-refractivity contribution in [3.8, 4) is 0 Å². The topological polar surface area (TPSA) is 75.7 Å². The minimum atomic E-state index is -0.604. The number of ketones is 1. The zero-order valence-corrected chi connectivity index (χ0v) is 12.2. The van der Waals surface area contributed by atoms with Gasteiger partial charge < -0.3 is 15.0 Å². The summed E-state index contributed by atoms with van der Waals surface area (Å²) in [6, 6.07) is -0.730. The molecule has 1 N–H and O–H groups in total. The minimum Gasteiger partial charge on any atom is -0.444 e. The number of amides is 2. The van der Waals surface area contributed by atoms with Gasteiger partial charge in [-0.25, -0.2) is 4.79 Å². The summed E-state index contributed by atoms with van der Waals surface area (Å²) in [7, 11) is 0. The number of hydrogen-bond donors (Lipinski definition) is 1. The van der Waals surface area contributed by atoms with Gasteiger partial charge in [0.2, 0.25) is 0 Å². The van der Waals surface area contributed by atoms with E-state index in [0.29, 0.717) is 5.70 Å². The molecule has 0 spiro atoms. The number of hydrogen-bond acceptors (Lipinski definition) is 4. The third-order valence-electron chi connectivity index (χ3n) is 3.31. The first-order valence-corrected chi connectivity index (χ1v) is 6.74. The maximum atomic E-state index is 12.1. The van der Waals surface area contributed by atoms with Crippen LogP contribution in [0.5, 0.6) is 0 Å². The maximum absolute atomic E-state index is 12.1. The fraction of sp³-hybridized carbons (Fsp3) is 0.643. The summed E-state index contributed by atoms with van der Waals surface area (Å²) in [5, 5.41) is 2.59. The Balaban J connectivity index is 2.01. The van der Waals surface area contributed by atoms with Crippen LogP contribution in [-0.4, -0.2) is 40.4 Å². The summed E-state index contributed by atoms with van der Waals surface area (Å²) in [6.45, 7) is 6.73. The molecule has 2 aliphatic heterocycles. The van der Waals surface area contributed by atoms with Crippen molar-refractivity contribution in [2.24, 2.45) is 0 Å². The van der Waals surface area contributed by atoms with E-state index in [2.05, 4.69) is 5.32 Å². The zero-order valence-electron chi connectivity index (χ0n) is 12.2. The largest absolute Gasteiger partial charge is 0.444 e. The second-order valence-corrected chi connectivity index (χ2v) is 6.12. The average Bonchev–Trinajstić information content (AvgIpc) is 2.32. The van der Waals surface area contributed by atoms with E-state index >= 15 is 0 Å².